The van der Waals surface area contributed by atoms with E-state index < -0.39 is 17.8 Å². The van der Waals surface area contributed by atoms with Crippen molar-refractivity contribution in [1.29, 1.82) is 0 Å². The van der Waals surface area contributed by atoms with Crippen molar-refractivity contribution in [2.24, 2.45) is 0 Å². The fourth-order valence-electron chi connectivity index (χ4n) is 1.78. The van der Waals surface area contributed by atoms with Crippen LogP contribution in [-0.4, -0.2) is 29.1 Å². The zero-order valence-electron chi connectivity index (χ0n) is 12.5. The van der Waals surface area contributed by atoms with Crippen molar-refractivity contribution in [2.45, 2.75) is 6.18 Å². The van der Waals surface area contributed by atoms with Gasteiger partial charge in [-0.15, -0.1) is 0 Å². The minimum Gasteiger partial charge on any atom is -0.368 e. The van der Waals surface area contributed by atoms with Crippen molar-refractivity contribution in [3.8, 4) is 0 Å². The van der Waals surface area contributed by atoms with Crippen molar-refractivity contribution in [2.75, 3.05) is 23.7 Å². The first-order chi connectivity index (χ1) is 11.8. The minimum atomic E-state index is -4.51. The predicted molar refractivity (Wildman–Crippen MR) is 89.0 cm³/mol. The van der Waals surface area contributed by atoms with Crippen LogP contribution in [0.3, 0.4) is 0 Å². The highest BCUT2D eigenvalue weighted by Crippen LogP contribution is 2.33. The van der Waals surface area contributed by atoms with E-state index in [1.807, 2.05) is 0 Å². The zero-order valence-corrected chi connectivity index (χ0v) is 14.0. The second-order valence-corrected chi connectivity index (χ2v) is 5.44. The molecule has 11 heteroatoms. The Bertz CT molecular complexity index is 757. The second kappa shape index (κ2) is 8.21. The Hall–Kier alpha value is -2.26. The normalized spacial score (nSPS) is 11.1. The fraction of sp³-hybridized carbons (Fsp3) is 0.214. The molecule has 0 aliphatic rings. The molecule has 0 radical (unpaired) electrons. The number of rotatable bonds is 5. The summed E-state index contributed by atoms with van der Waals surface area (Å²) in [6.07, 6.45) is -3.27. The lowest BCUT2D eigenvalue weighted by molar-refractivity contribution is -0.137. The first-order valence-electron chi connectivity index (χ1n) is 6.90. The highest BCUT2D eigenvalue weighted by Gasteiger charge is 2.33. The molecule has 3 N–H and O–H groups in total. The van der Waals surface area contributed by atoms with E-state index in [4.69, 9.17) is 23.2 Å². The van der Waals surface area contributed by atoms with E-state index in [0.29, 0.717) is 0 Å². The number of carbonyl (C=O) groups excluding carboxylic acids is 1. The van der Waals surface area contributed by atoms with Gasteiger partial charge < -0.3 is 10.6 Å². The van der Waals surface area contributed by atoms with Gasteiger partial charge in [-0.25, -0.2) is 14.8 Å². The SMILES string of the molecule is O=C(NCCNc1ncccc1C(F)(F)F)Nc1ccc(Cl)c(Cl)n1. The molecule has 0 fully saturated rings. The van der Waals surface area contributed by atoms with Crippen LogP contribution in [0.15, 0.2) is 30.5 Å². The number of carbonyl (C=O) groups is 1. The van der Waals surface area contributed by atoms with Gasteiger partial charge in [-0.1, -0.05) is 23.2 Å². The smallest absolute Gasteiger partial charge is 0.368 e. The Morgan fingerprint density at radius 2 is 1.92 bits per heavy atom. The topological polar surface area (TPSA) is 78.9 Å². The van der Waals surface area contributed by atoms with Crippen molar-refractivity contribution in [3.63, 3.8) is 0 Å². The Balaban J connectivity index is 1.81. The standard InChI is InChI=1S/C14H12Cl2F3N5O/c15-9-3-4-10(23-11(9)16)24-13(25)22-7-6-21-12-8(14(17,18)19)2-1-5-20-12/h1-5H,6-7H2,(H,20,21)(H2,22,23,24,25). The molecule has 0 aromatic carbocycles. The number of pyridine rings is 2. The summed E-state index contributed by atoms with van der Waals surface area (Å²) in [7, 11) is 0. The van der Waals surface area contributed by atoms with E-state index >= 15 is 0 Å². The highest BCUT2D eigenvalue weighted by atomic mass is 35.5. The summed E-state index contributed by atoms with van der Waals surface area (Å²) in [6.45, 7) is 0.101. The van der Waals surface area contributed by atoms with Gasteiger partial charge in [0.25, 0.3) is 0 Å². The van der Waals surface area contributed by atoms with Gasteiger partial charge in [-0.2, -0.15) is 13.2 Å². The summed E-state index contributed by atoms with van der Waals surface area (Å²) in [5.41, 5.74) is -0.876. The number of halogens is 5. The number of alkyl halides is 3. The maximum absolute atomic E-state index is 12.8. The van der Waals surface area contributed by atoms with E-state index in [-0.39, 0.29) is 34.9 Å². The number of nitrogens with one attached hydrogen (secondary N) is 3. The Morgan fingerprint density at radius 1 is 1.16 bits per heavy atom. The summed E-state index contributed by atoms with van der Waals surface area (Å²) in [6, 6.07) is 4.45. The number of anilines is 2. The van der Waals surface area contributed by atoms with Crippen molar-refractivity contribution < 1.29 is 18.0 Å². The highest BCUT2D eigenvalue weighted by molar-refractivity contribution is 6.41. The van der Waals surface area contributed by atoms with Crippen molar-refractivity contribution in [1.82, 2.24) is 15.3 Å². The average molecular weight is 394 g/mol. The summed E-state index contributed by atoms with van der Waals surface area (Å²) < 4.78 is 38.4. The summed E-state index contributed by atoms with van der Waals surface area (Å²) >= 11 is 11.4. The second-order valence-electron chi connectivity index (χ2n) is 4.67. The number of urea groups is 1. The number of hydrogen-bond acceptors (Lipinski definition) is 4. The molecule has 0 bridgehead atoms. The Kier molecular flexibility index (Phi) is 6.27. The lowest BCUT2D eigenvalue weighted by Gasteiger charge is -2.13. The number of aromatic nitrogens is 2. The molecular formula is C14H12Cl2F3N5O. The van der Waals surface area contributed by atoms with Crippen LogP contribution in [0.5, 0.6) is 0 Å². The van der Waals surface area contributed by atoms with Gasteiger partial charge in [-0.3, -0.25) is 5.32 Å². The first kappa shape index (κ1) is 19.1. The minimum absolute atomic E-state index is 0.0379. The maximum atomic E-state index is 12.8. The van der Waals surface area contributed by atoms with Gasteiger partial charge in [0.2, 0.25) is 0 Å². The molecule has 134 valence electrons. The molecule has 25 heavy (non-hydrogen) atoms. The van der Waals surface area contributed by atoms with Gasteiger partial charge in [-0.05, 0) is 24.3 Å². The van der Waals surface area contributed by atoms with Crippen LogP contribution >= 0.6 is 23.2 Å². The summed E-state index contributed by atoms with van der Waals surface area (Å²) in [5.74, 6) is -0.118. The van der Waals surface area contributed by atoms with Crippen LogP contribution in [0.1, 0.15) is 5.56 Å². The quantitative estimate of drug-likeness (QED) is 0.529. The fourth-order valence-corrected chi connectivity index (χ4v) is 2.04. The molecule has 2 amide bonds. The predicted octanol–water partition coefficient (Wildman–Crippen LogP) is 4.04. The number of hydrogen-bond donors (Lipinski definition) is 3. The first-order valence-corrected chi connectivity index (χ1v) is 7.66. The molecule has 0 saturated carbocycles. The molecule has 2 rings (SSSR count). The van der Waals surface area contributed by atoms with Crippen LogP contribution in [-0.2, 0) is 6.18 Å². The van der Waals surface area contributed by atoms with Crippen molar-refractivity contribution in [3.05, 3.63) is 46.2 Å². The monoisotopic (exact) mass is 393 g/mol. The average Bonchev–Trinajstić information content (AvgIpc) is 2.54. The van der Waals surface area contributed by atoms with Gasteiger partial charge in [0.15, 0.2) is 0 Å². The Morgan fingerprint density at radius 3 is 2.60 bits per heavy atom. The number of nitrogens with zero attached hydrogens (tertiary/aromatic N) is 2. The third-order valence-electron chi connectivity index (χ3n) is 2.86. The molecule has 0 atom stereocenters. The molecule has 6 nitrogen and oxygen atoms in total. The van der Waals surface area contributed by atoms with Gasteiger partial charge >= 0.3 is 12.2 Å². The van der Waals surface area contributed by atoms with E-state index in [0.717, 1.165) is 6.07 Å². The lowest BCUT2D eigenvalue weighted by Crippen LogP contribution is -2.33. The molecule has 2 heterocycles. The molecule has 0 aliphatic heterocycles. The van der Waals surface area contributed by atoms with E-state index in [9.17, 15) is 18.0 Å². The third kappa shape index (κ3) is 5.64. The lowest BCUT2D eigenvalue weighted by atomic mass is 10.2. The molecule has 0 spiro atoms. The summed E-state index contributed by atoms with van der Waals surface area (Å²) in [5, 5.41) is 7.68. The van der Waals surface area contributed by atoms with Crippen LogP contribution in [0.2, 0.25) is 10.2 Å². The molecular weight excluding hydrogens is 382 g/mol. The van der Waals surface area contributed by atoms with E-state index in [1.165, 1.54) is 24.4 Å². The zero-order chi connectivity index (χ0) is 18.4. The molecule has 2 aromatic rings. The Labute approximate surface area is 150 Å². The number of amides is 2. The largest absolute Gasteiger partial charge is 0.419 e. The maximum Gasteiger partial charge on any atom is 0.419 e. The van der Waals surface area contributed by atoms with Gasteiger partial charge in [0.1, 0.15) is 16.8 Å². The summed E-state index contributed by atoms with van der Waals surface area (Å²) in [4.78, 5) is 19.2. The molecule has 2 aromatic heterocycles. The van der Waals surface area contributed by atoms with Crippen LogP contribution in [0.4, 0.5) is 29.6 Å². The molecule has 0 aliphatic carbocycles. The van der Waals surface area contributed by atoms with Gasteiger partial charge in [0.05, 0.1) is 10.6 Å². The van der Waals surface area contributed by atoms with Crippen LogP contribution in [0.25, 0.3) is 0 Å². The van der Waals surface area contributed by atoms with Crippen LogP contribution < -0.4 is 16.0 Å². The van der Waals surface area contributed by atoms with Crippen molar-refractivity contribution >= 4 is 40.9 Å². The third-order valence-corrected chi connectivity index (χ3v) is 3.55. The van der Waals surface area contributed by atoms with E-state index in [1.54, 1.807) is 0 Å². The van der Waals surface area contributed by atoms with Gasteiger partial charge in [0, 0.05) is 19.3 Å². The molecule has 0 saturated heterocycles. The molecule has 0 unspecified atom stereocenters. The van der Waals surface area contributed by atoms with Crippen LogP contribution in [0, 0.1) is 0 Å². The van der Waals surface area contributed by atoms with E-state index in [2.05, 4.69) is 25.9 Å².